The molecule has 0 unspecified atom stereocenters. The van der Waals surface area contributed by atoms with E-state index in [9.17, 15) is 18.0 Å². The zero-order valence-electron chi connectivity index (χ0n) is 17.3. The van der Waals surface area contributed by atoms with E-state index in [2.05, 4.69) is 10.3 Å². The van der Waals surface area contributed by atoms with Gasteiger partial charge in [0.2, 0.25) is 5.91 Å². The molecule has 162 valence electrons. The minimum absolute atomic E-state index is 0.0279. The van der Waals surface area contributed by atoms with Gasteiger partial charge in [-0.15, -0.1) is 0 Å². The van der Waals surface area contributed by atoms with Crippen molar-refractivity contribution in [2.24, 2.45) is 0 Å². The smallest absolute Gasteiger partial charge is 0.307 e. The molecule has 1 N–H and O–H groups in total. The molecule has 0 aliphatic heterocycles. The lowest BCUT2D eigenvalue weighted by Crippen LogP contribution is -2.11. The molecule has 0 spiro atoms. The van der Waals surface area contributed by atoms with Gasteiger partial charge in [-0.25, -0.2) is 9.97 Å². The first-order valence-electron chi connectivity index (χ1n) is 9.79. The van der Waals surface area contributed by atoms with Crippen LogP contribution in [0.2, 0.25) is 0 Å². The number of benzene rings is 1. The van der Waals surface area contributed by atoms with Crippen LogP contribution in [0.4, 0.5) is 19.0 Å². The predicted octanol–water partition coefficient (Wildman–Crippen LogP) is 5.68. The van der Waals surface area contributed by atoms with Crippen LogP contribution in [0, 0.1) is 13.8 Å². The van der Waals surface area contributed by atoms with Crippen LogP contribution in [0.25, 0.3) is 23.0 Å². The lowest BCUT2D eigenvalue weighted by molar-refractivity contribution is -0.137. The molecule has 3 aromatic heterocycles. The zero-order chi connectivity index (χ0) is 22.9. The number of aromatic nitrogens is 3. The normalized spacial score (nSPS) is 11.9. The van der Waals surface area contributed by atoms with Gasteiger partial charge < -0.3 is 5.32 Å². The minimum Gasteiger partial charge on any atom is -0.307 e. The van der Waals surface area contributed by atoms with Crippen LogP contribution < -0.4 is 5.32 Å². The number of pyridine rings is 2. The Bertz CT molecular complexity index is 1300. The van der Waals surface area contributed by atoms with Crippen molar-refractivity contribution < 1.29 is 18.0 Å². The number of carbonyl (C=O) groups excluding carboxylic acids is 1. The Kier molecular flexibility index (Phi) is 5.52. The summed E-state index contributed by atoms with van der Waals surface area (Å²) in [6, 6.07) is 13.8. The van der Waals surface area contributed by atoms with E-state index in [0.717, 1.165) is 34.5 Å². The van der Waals surface area contributed by atoms with Gasteiger partial charge in [-0.2, -0.15) is 13.2 Å². The first kappa shape index (κ1) is 21.3. The van der Waals surface area contributed by atoms with E-state index >= 15 is 0 Å². The average molecular weight is 436 g/mol. The van der Waals surface area contributed by atoms with Gasteiger partial charge in [0.05, 0.1) is 17.0 Å². The van der Waals surface area contributed by atoms with Crippen LogP contribution >= 0.6 is 0 Å². The van der Waals surface area contributed by atoms with E-state index < -0.39 is 17.6 Å². The molecular weight excluding hydrogens is 417 g/mol. The highest BCUT2D eigenvalue weighted by Crippen LogP contribution is 2.29. The molecule has 0 aliphatic carbocycles. The lowest BCUT2D eigenvalue weighted by Gasteiger charge is -2.07. The summed E-state index contributed by atoms with van der Waals surface area (Å²) >= 11 is 0. The van der Waals surface area contributed by atoms with E-state index in [-0.39, 0.29) is 5.82 Å². The second-order valence-electron chi connectivity index (χ2n) is 7.40. The van der Waals surface area contributed by atoms with Crippen LogP contribution in [0.1, 0.15) is 22.4 Å². The van der Waals surface area contributed by atoms with Crippen molar-refractivity contribution in [2.75, 3.05) is 5.32 Å². The zero-order valence-corrected chi connectivity index (χ0v) is 17.3. The highest BCUT2D eigenvalue weighted by atomic mass is 19.4. The summed E-state index contributed by atoms with van der Waals surface area (Å²) in [5.74, 6) is -0.491. The van der Waals surface area contributed by atoms with E-state index in [1.165, 1.54) is 6.08 Å². The van der Waals surface area contributed by atoms with E-state index in [1.807, 2.05) is 60.8 Å². The van der Waals surface area contributed by atoms with Crippen molar-refractivity contribution >= 4 is 23.4 Å². The minimum atomic E-state index is -4.48. The van der Waals surface area contributed by atoms with Gasteiger partial charge in [0.1, 0.15) is 11.5 Å². The molecule has 1 aromatic carbocycles. The van der Waals surface area contributed by atoms with Crippen molar-refractivity contribution in [3.05, 3.63) is 89.4 Å². The van der Waals surface area contributed by atoms with Crippen molar-refractivity contribution in [1.82, 2.24) is 14.4 Å². The maximum absolute atomic E-state index is 12.7. The fourth-order valence-electron chi connectivity index (χ4n) is 3.21. The average Bonchev–Trinajstić information content (AvgIpc) is 3.10. The molecule has 8 heteroatoms. The lowest BCUT2D eigenvalue weighted by atomic mass is 10.1. The predicted molar refractivity (Wildman–Crippen MR) is 117 cm³/mol. The molecule has 1 amide bonds. The van der Waals surface area contributed by atoms with E-state index in [1.54, 1.807) is 6.08 Å². The second kappa shape index (κ2) is 8.30. The Labute approximate surface area is 182 Å². The SMILES string of the molecule is Cc1ccc(-c2nc3cc(C)ccn3c2/C=C/C(=O)Nc2ccc(C(F)(F)F)cn2)cc1. The van der Waals surface area contributed by atoms with Crippen LogP contribution in [0.3, 0.4) is 0 Å². The summed E-state index contributed by atoms with van der Waals surface area (Å²) in [6.45, 7) is 3.97. The summed E-state index contributed by atoms with van der Waals surface area (Å²) in [5, 5.41) is 2.47. The number of hydrogen-bond acceptors (Lipinski definition) is 3. The summed E-state index contributed by atoms with van der Waals surface area (Å²) in [7, 11) is 0. The van der Waals surface area contributed by atoms with Gasteiger partial charge in [-0.3, -0.25) is 9.20 Å². The Balaban J connectivity index is 1.63. The van der Waals surface area contributed by atoms with Gasteiger partial charge in [-0.1, -0.05) is 29.8 Å². The summed E-state index contributed by atoms with van der Waals surface area (Å²) in [5.41, 5.74) is 4.36. The fourth-order valence-corrected chi connectivity index (χ4v) is 3.21. The third kappa shape index (κ3) is 4.54. The van der Waals surface area contributed by atoms with Crippen LogP contribution in [0.5, 0.6) is 0 Å². The molecule has 0 saturated carbocycles. The number of alkyl halides is 3. The number of hydrogen-bond donors (Lipinski definition) is 1. The second-order valence-corrected chi connectivity index (χ2v) is 7.40. The van der Waals surface area contributed by atoms with Crippen molar-refractivity contribution in [3.8, 4) is 11.3 Å². The van der Waals surface area contributed by atoms with Gasteiger partial charge in [0.25, 0.3) is 0 Å². The van der Waals surface area contributed by atoms with Crippen molar-refractivity contribution in [3.63, 3.8) is 0 Å². The number of amides is 1. The third-order valence-electron chi connectivity index (χ3n) is 4.88. The largest absolute Gasteiger partial charge is 0.417 e. The van der Waals surface area contributed by atoms with Crippen LogP contribution in [-0.4, -0.2) is 20.3 Å². The van der Waals surface area contributed by atoms with Crippen LogP contribution in [-0.2, 0) is 11.0 Å². The maximum atomic E-state index is 12.7. The molecule has 0 bridgehead atoms. The standard InChI is InChI=1S/C24H19F3N4O/c1-15-3-5-17(6-4-15)23-19(31-12-11-16(2)13-21(31)30-23)8-10-22(32)29-20-9-7-18(14-28-20)24(25,26)27/h3-14H,1-2H3,(H,28,29,32)/b10-8+. The number of nitrogens with one attached hydrogen (secondary N) is 1. The monoisotopic (exact) mass is 436 g/mol. The molecule has 0 radical (unpaired) electrons. The molecular formula is C24H19F3N4O. The highest BCUT2D eigenvalue weighted by molar-refractivity contribution is 6.01. The number of aryl methyl sites for hydroxylation is 2. The first-order valence-corrected chi connectivity index (χ1v) is 9.79. The number of imidazole rings is 1. The summed E-state index contributed by atoms with van der Waals surface area (Å²) < 4.78 is 39.9. The molecule has 0 atom stereocenters. The number of rotatable bonds is 4. The molecule has 0 saturated heterocycles. The summed E-state index contributed by atoms with van der Waals surface area (Å²) in [4.78, 5) is 20.8. The molecule has 0 fully saturated rings. The fraction of sp³-hybridized carbons (Fsp3) is 0.125. The highest BCUT2D eigenvalue weighted by Gasteiger charge is 2.30. The van der Waals surface area contributed by atoms with Gasteiger partial charge in [-0.05, 0) is 49.8 Å². The van der Waals surface area contributed by atoms with Gasteiger partial charge in [0.15, 0.2) is 0 Å². The van der Waals surface area contributed by atoms with Crippen molar-refractivity contribution in [1.29, 1.82) is 0 Å². The van der Waals surface area contributed by atoms with Crippen molar-refractivity contribution in [2.45, 2.75) is 20.0 Å². The molecule has 0 aliphatic rings. The topological polar surface area (TPSA) is 59.3 Å². The Morgan fingerprint density at radius 3 is 2.44 bits per heavy atom. The number of nitrogens with zero attached hydrogens (tertiary/aromatic N) is 3. The number of fused-ring (bicyclic) bond motifs is 1. The molecule has 4 aromatic rings. The number of halogens is 3. The molecule has 4 rings (SSSR count). The quantitative estimate of drug-likeness (QED) is 0.419. The maximum Gasteiger partial charge on any atom is 0.417 e. The Hall–Kier alpha value is -3.94. The Morgan fingerprint density at radius 2 is 1.78 bits per heavy atom. The molecule has 5 nitrogen and oxygen atoms in total. The van der Waals surface area contributed by atoms with E-state index in [4.69, 9.17) is 4.98 Å². The first-order chi connectivity index (χ1) is 15.2. The Morgan fingerprint density at radius 1 is 1.03 bits per heavy atom. The van der Waals surface area contributed by atoms with Crippen LogP contribution in [0.15, 0.2) is 67.0 Å². The van der Waals surface area contributed by atoms with E-state index in [0.29, 0.717) is 17.6 Å². The number of anilines is 1. The summed E-state index contributed by atoms with van der Waals surface area (Å²) in [6.07, 6.45) is 1.01. The van der Waals surface area contributed by atoms with Gasteiger partial charge >= 0.3 is 6.18 Å². The molecule has 3 heterocycles. The van der Waals surface area contributed by atoms with Gasteiger partial charge in [0, 0.05) is 24.0 Å². The number of carbonyl (C=O) groups is 1. The third-order valence-corrected chi connectivity index (χ3v) is 4.88. The molecule has 32 heavy (non-hydrogen) atoms.